The van der Waals surface area contributed by atoms with Crippen molar-refractivity contribution in [2.45, 2.75) is 38.5 Å². The molecule has 130 valence electrons. The third kappa shape index (κ3) is 4.02. The van der Waals surface area contributed by atoms with Crippen LogP contribution in [-0.2, 0) is 5.41 Å². The van der Waals surface area contributed by atoms with Gasteiger partial charge in [-0.25, -0.2) is 0 Å². The topological polar surface area (TPSA) is 40.5 Å². The smallest absolute Gasteiger partial charge is 0.143 e. The molecule has 0 aliphatic heterocycles. The standard InChI is InChI=1S/C18H18Br4O2/c1-3-4-5-18(2,10-6-12(19)16(23)13(20)7-10)11-8-14(21)17(24)15(22)9-11/h6-9,23-24H,3-5H2,1-2H3. The molecule has 0 heterocycles. The average molecular weight is 586 g/mol. The predicted octanol–water partition coefficient (Wildman–Crippen LogP) is 7.64. The van der Waals surface area contributed by atoms with Crippen molar-refractivity contribution in [3.63, 3.8) is 0 Å². The molecule has 0 aliphatic rings. The molecular weight excluding hydrogens is 568 g/mol. The van der Waals surface area contributed by atoms with E-state index < -0.39 is 0 Å². The summed E-state index contributed by atoms with van der Waals surface area (Å²) < 4.78 is 2.64. The first kappa shape index (κ1) is 20.3. The zero-order chi connectivity index (χ0) is 18.1. The Morgan fingerprint density at radius 3 is 1.42 bits per heavy atom. The Labute approximate surface area is 176 Å². The van der Waals surface area contributed by atoms with Gasteiger partial charge in [0, 0.05) is 5.41 Å². The Bertz CT molecular complexity index is 655. The molecule has 0 unspecified atom stereocenters. The van der Waals surface area contributed by atoms with Gasteiger partial charge in [-0.1, -0.05) is 26.7 Å². The molecule has 0 spiro atoms. The van der Waals surface area contributed by atoms with Crippen LogP contribution >= 0.6 is 63.7 Å². The van der Waals surface area contributed by atoms with Crippen molar-refractivity contribution < 1.29 is 10.2 Å². The fourth-order valence-electron chi connectivity index (χ4n) is 2.75. The van der Waals surface area contributed by atoms with Crippen molar-refractivity contribution in [1.82, 2.24) is 0 Å². The highest BCUT2D eigenvalue weighted by Gasteiger charge is 2.31. The molecule has 2 N–H and O–H groups in total. The Morgan fingerprint density at radius 2 is 1.12 bits per heavy atom. The maximum Gasteiger partial charge on any atom is 0.143 e. The molecule has 0 amide bonds. The molecule has 0 aliphatic carbocycles. The van der Waals surface area contributed by atoms with E-state index in [9.17, 15) is 10.2 Å². The van der Waals surface area contributed by atoms with Crippen LogP contribution in [0.5, 0.6) is 11.5 Å². The van der Waals surface area contributed by atoms with Gasteiger partial charge in [-0.05, 0) is 106 Å². The van der Waals surface area contributed by atoms with Crippen LogP contribution in [-0.4, -0.2) is 10.2 Å². The van der Waals surface area contributed by atoms with Crippen LogP contribution in [0.4, 0.5) is 0 Å². The minimum absolute atomic E-state index is 0.199. The maximum atomic E-state index is 10.0. The molecule has 2 aromatic carbocycles. The molecule has 0 saturated heterocycles. The third-order valence-electron chi connectivity index (χ3n) is 4.34. The molecule has 0 bridgehead atoms. The number of benzene rings is 2. The summed E-state index contributed by atoms with van der Waals surface area (Å²) in [5, 5.41) is 20.1. The van der Waals surface area contributed by atoms with Crippen LogP contribution in [0.25, 0.3) is 0 Å². The Balaban J connectivity index is 2.67. The first-order valence-corrected chi connectivity index (χ1v) is 10.7. The van der Waals surface area contributed by atoms with Gasteiger partial charge in [0.15, 0.2) is 0 Å². The number of unbranched alkanes of at least 4 members (excludes halogenated alkanes) is 1. The highest BCUT2D eigenvalue weighted by atomic mass is 79.9. The van der Waals surface area contributed by atoms with Gasteiger partial charge >= 0.3 is 0 Å². The second-order valence-corrected chi connectivity index (χ2v) is 9.43. The number of aromatic hydroxyl groups is 2. The molecule has 6 heteroatoms. The number of phenolic OH excluding ortho intramolecular Hbond substituents is 2. The molecule has 2 aromatic rings. The molecule has 0 fully saturated rings. The van der Waals surface area contributed by atoms with E-state index in [1.807, 2.05) is 24.3 Å². The quantitative estimate of drug-likeness (QED) is 0.379. The number of halogens is 4. The first-order valence-electron chi connectivity index (χ1n) is 7.57. The van der Waals surface area contributed by atoms with Gasteiger partial charge in [0.05, 0.1) is 17.9 Å². The predicted molar refractivity (Wildman–Crippen MR) is 113 cm³/mol. The summed E-state index contributed by atoms with van der Waals surface area (Å²) in [5.74, 6) is 0.398. The molecule has 2 rings (SSSR count). The van der Waals surface area contributed by atoms with Crippen molar-refractivity contribution in [3.05, 3.63) is 53.3 Å². The van der Waals surface area contributed by atoms with Gasteiger partial charge in [-0.3, -0.25) is 0 Å². The lowest BCUT2D eigenvalue weighted by Crippen LogP contribution is -2.24. The van der Waals surface area contributed by atoms with Crippen molar-refractivity contribution in [1.29, 1.82) is 0 Å². The van der Waals surface area contributed by atoms with Crippen LogP contribution in [0.2, 0.25) is 0 Å². The van der Waals surface area contributed by atoms with Crippen molar-refractivity contribution in [3.8, 4) is 11.5 Å². The van der Waals surface area contributed by atoms with Gasteiger partial charge in [0.2, 0.25) is 0 Å². The van der Waals surface area contributed by atoms with E-state index >= 15 is 0 Å². The normalized spacial score (nSPS) is 11.8. The van der Waals surface area contributed by atoms with Gasteiger partial charge in [-0.2, -0.15) is 0 Å². The molecule has 0 radical (unpaired) electrons. The molecule has 24 heavy (non-hydrogen) atoms. The van der Waals surface area contributed by atoms with Crippen LogP contribution in [0.15, 0.2) is 42.2 Å². The highest BCUT2D eigenvalue weighted by molar-refractivity contribution is 9.11. The van der Waals surface area contributed by atoms with E-state index in [0.717, 1.165) is 30.4 Å². The van der Waals surface area contributed by atoms with Crippen LogP contribution < -0.4 is 0 Å². The van der Waals surface area contributed by atoms with Crippen LogP contribution in [0.3, 0.4) is 0 Å². The second kappa shape index (κ2) is 8.11. The summed E-state index contributed by atoms with van der Waals surface area (Å²) in [6, 6.07) is 7.85. The first-order chi connectivity index (χ1) is 11.2. The van der Waals surface area contributed by atoms with Crippen molar-refractivity contribution in [2.24, 2.45) is 0 Å². The second-order valence-electron chi connectivity index (χ2n) is 6.01. The lowest BCUT2D eigenvalue weighted by atomic mass is 9.73. The fraction of sp³-hybridized carbons (Fsp3) is 0.333. The molecule has 0 atom stereocenters. The van der Waals surface area contributed by atoms with E-state index in [4.69, 9.17) is 0 Å². The fourth-order valence-corrected chi connectivity index (χ4v) is 5.13. The lowest BCUT2D eigenvalue weighted by Gasteiger charge is -2.32. The van der Waals surface area contributed by atoms with Gasteiger partial charge in [0.1, 0.15) is 11.5 Å². The lowest BCUT2D eigenvalue weighted by molar-refractivity contribution is 0.460. The van der Waals surface area contributed by atoms with E-state index in [1.165, 1.54) is 0 Å². The Kier molecular flexibility index (Phi) is 6.85. The average Bonchev–Trinajstić information content (AvgIpc) is 2.54. The summed E-state index contributed by atoms with van der Waals surface area (Å²) in [6.07, 6.45) is 3.12. The van der Waals surface area contributed by atoms with Crippen molar-refractivity contribution >= 4 is 63.7 Å². The van der Waals surface area contributed by atoms with Crippen molar-refractivity contribution in [2.75, 3.05) is 0 Å². The summed E-state index contributed by atoms with van der Waals surface area (Å²) in [5.41, 5.74) is 1.93. The van der Waals surface area contributed by atoms with E-state index in [2.05, 4.69) is 77.6 Å². The van der Waals surface area contributed by atoms with E-state index in [0.29, 0.717) is 17.9 Å². The van der Waals surface area contributed by atoms with Crippen LogP contribution in [0.1, 0.15) is 44.2 Å². The maximum absolute atomic E-state index is 10.0. The SMILES string of the molecule is CCCCC(C)(c1cc(Br)c(O)c(Br)c1)c1cc(Br)c(O)c(Br)c1. The summed E-state index contributed by atoms with van der Waals surface area (Å²) >= 11 is 13.7. The van der Waals surface area contributed by atoms with Gasteiger partial charge in [0.25, 0.3) is 0 Å². The zero-order valence-corrected chi connectivity index (χ0v) is 19.7. The molecule has 0 aromatic heterocycles. The minimum Gasteiger partial charge on any atom is -0.506 e. The Morgan fingerprint density at radius 1 is 0.792 bits per heavy atom. The number of phenols is 2. The van der Waals surface area contributed by atoms with Gasteiger partial charge < -0.3 is 10.2 Å². The third-order valence-corrected chi connectivity index (χ3v) is 6.76. The van der Waals surface area contributed by atoms with Gasteiger partial charge in [-0.15, -0.1) is 0 Å². The zero-order valence-electron chi connectivity index (χ0n) is 13.3. The highest BCUT2D eigenvalue weighted by Crippen LogP contribution is 2.45. The number of rotatable bonds is 5. The summed E-state index contributed by atoms with van der Waals surface area (Å²) in [6.45, 7) is 4.37. The van der Waals surface area contributed by atoms with E-state index in [-0.39, 0.29) is 16.9 Å². The summed E-state index contributed by atoms with van der Waals surface area (Å²) in [4.78, 5) is 0. The minimum atomic E-state index is -0.256. The molecule has 2 nitrogen and oxygen atoms in total. The molecule has 0 saturated carbocycles. The number of hydrogen-bond acceptors (Lipinski definition) is 2. The Hall–Kier alpha value is -0.0400. The monoisotopic (exact) mass is 582 g/mol. The largest absolute Gasteiger partial charge is 0.506 e. The van der Waals surface area contributed by atoms with E-state index in [1.54, 1.807) is 0 Å². The molecular formula is C18H18Br4O2. The number of hydrogen-bond donors (Lipinski definition) is 2. The van der Waals surface area contributed by atoms with Crippen LogP contribution in [0, 0.1) is 0 Å². The summed E-state index contributed by atoms with van der Waals surface area (Å²) in [7, 11) is 0.